The molecular weight excluding hydrogens is 448 g/mol. The molecule has 3 amide bonds. The van der Waals surface area contributed by atoms with Gasteiger partial charge < -0.3 is 49.1 Å². The topological polar surface area (TPSA) is 261 Å². The number of carboxylic acids is 1. The van der Waals surface area contributed by atoms with Gasteiger partial charge in [-0.2, -0.15) is 0 Å². The second kappa shape index (κ2) is 16.6. The Morgan fingerprint density at radius 1 is 0.882 bits per heavy atom. The quantitative estimate of drug-likeness (QED) is 0.0558. The Bertz CT molecular complexity index is 699. The number of aliphatic hydroxyl groups is 1. The summed E-state index contributed by atoms with van der Waals surface area (Å²) < 4.78 is 0. The van der Waals surface area contributed by atoms with Crippen LogP contribution in [0.3, 0.4) is 0 Å². The van der Waals surface area contributed by atoms with Crippen LogP contribution in [0.15, 0.2) is 4.99 Å². The molecule has 0 aliphatic rings. The van der Waals surface area contributed by atoms with Gasteiger partial charge in [0.15, 0.2) is 5.96 Å². The molecule has 0 aromatic rings. The van der Waals surface area contributed by atoms with Crippen LogP contribution in [0.5, 0.6) is 0 Å². The number of amides is 3. The van der Waals surface area contributed by atoms with E-state index >= 15 is 0 Å². The molecule has 0 aromatic carbocycles. The van der Waals surface area contributed by atoms with Crippen LogP contribution < -0.4 is 38.9 Å². The molecule has 14 heteroatoms. The molecule has 0 radical (unpaired) electrons. The molecule has 0 fully saturated rings. The standard InChI is InChI=1S/C20H40N8O6/c1-11(2)15(28-16(30)12(22)6-3-4-8-21)18(32)27-14(10-29)17(31)26-13(19(33)34)7-5-9-25-20(23)24/h11-15,29H,3-10,21-22H2,1-2H3,(H,26,31)(H,27,32)(H,28,30)(H,33,34)(H4,23,24,25). The lowest BCUT2D eigenvalue weighted by Gasteiger charge is -2.26. The van der Waals surface area contributed by atoms with E-state index in [1.165, 1.54) is 0 Å². The summed E-state index contributed by atoms with van der Waals surface area (Å²) in [7, 11) is 0. The molecule has 0 saturated heterocycles. The number of aliphatic hydroxyl groups excluding tert-OH is 1. The van der Waals surface area contributed by atoms with Crippen molar-refractivity contribution in [1.29, 1.82) is 0 Å². The molecule has 0 spiro atoms. The monoisotopic (exact) mass is 488 g/mol. The smallest absolute Gasteiger partial charge is 0.326 e. The predicted octanol–water partition coefficient (Wildman–Crippen LogP) is -3.32. The Morgan fingerprint density at radius 3 is 2.00 bits per heavy atom. The van der Waals surface area contributed by atoms with Gasteiger partial charge in [-0.05, 0) is 38.1 Å². The average molecular weight is 489 g/mol. The molecule has 196 valence electrons. The molecule has 0 heterocycles. The van der Waals surface area contributed by atoms with Crippen molar-refractivity contribution in [2.45, 2.75) is 70.1 Å². The van der Waals surface area contributed by atoms with Crippen molar-refractivity contribution in [1.82, 2.24) is 16.0 Å². The highest BCUT2D eigenvalue weighted by Crippen LogP contribution is 2.06. The number of nitrogens with one attached hydrogen (secondary N) is 3. The van der Waals surface area contributed by atoms with Crippen LogP contribution >= 0.6 is 0 Å². The average Bonchev–Trinajstić information content (AvgIpc) is 2.76. The molecule has 0 saturated carbocycles. The highest BCUT2D eigenvalue weighted by molar-refractivity contribution is 5.94. The van der Waals surface area contributed by atoms with Crippen LogP contribution in [0, 0.1) is 5.92 Å². The first-order chi connectivity index (χ1) is 15.9. The fourth-order valence-corrected chi connectivity index (χ4v) is 2.92. The number of guanidine groups is 1. The maximum Gasteiger partial charge on any atom is 0.326 e. The third-order valence-corrected chi connectivity index (χ3v) is 4.93. The summed E-state index contributed by atoms with van der Waals surface area (Å²) in [6.07, 6.45) is 2.08. The van der Waals surface area contributed by atoms with Gasteiger partial charge in [-0.1, -0.05) is 20.3 Å². The fraction of sp³-hybridized carbons (Fsp3) is 0.750. The Hall–Kier alpha value is -2.97. The van der Waals surface area contributed by atoms with E-state index in [1.807, 2.05) is 0 Å². The van der Waals surface area contributed by atoms with Crippen molar-refractivity contribution in [2.24, 2.45) is 33.8 Å². The van der Waals surface area contributed by atoms with Crippen LogP contribution in [0.1, 0.15) is 46.0 Å². The number of carboxylic acid groups (broad SMARTS) is 1. The molecule has 0 rings (SSSR count). The highest BCUT2D eigenvalue weighted by Gasteiger charge is 2.31. The van der Waals surface area contributed by atoms with Gasteiger partial charge >= 0.3 is 5.97 Å². The molecule has 13 N–H and O–H groups in total. The molecular formula is C20H40N8O6. The third-order valence-electron chi connectivity index (χ3n) is 4.93. The second-order valence-corrected chi connectivity index (χ2v) is 8.21. The fourth-order valence-electron chi connectivity index (χ4n) is 2.92. The number of hydrogen-bond acceptors (Lipinski definition) is 8. The Kier molecular flexibility index (Phi) is 15.2. The number of nitrogens with zero attached hydrogens (tertiary/aromatic N) is 1. The van der Waals surface area contributed by atoms with E-state index in [2.05, 4.69) is 20.9 Å². The first-order valence-corrected chi connectivity index (χ1v) is 11.2. The minimum atomic E-state index is -1.43. The Labute approximate surface area is 199 Å². The lowest BCUT2D eigenvalue weighted by atomic mass is 10.0. The molecule has 0 bridgehead atoms. The molecule has 0 aromatic heterocycles. The van der Waals surface area contributed by atoms with E-state index in [1.54, 1.807) is 13.8 Å². The number of rotatable bonds is 17. The normalized spacial score (nSPS) is 14.4. The molecule has 34 heavy (non-hydrogen) atoms. The Morgan fingerprint density at radius 2 is 1.50 bits per heavy atom. The lowest BCUT2D eigenvalue weighted by molar-refractivity contribution is -0.142. The van der Waals surface area contributed by atoms with Crippen LogP contribution in [0.25, 0.3) is 0 Å². The van der Waals surface area contributed by atoms with Gasteiger partial charge in [0.05, 0.1) is 12.6 Å². The number of aliphatic carboxylic acids is 1. The number of nitrogens with two attached hydrogens (primary N) is 4. The second-order valence-electron chi connectivity index (χ2n) is 8.21. The summed E-state index contributed by atoms with van der Waals surface area (Å²) in [4.78, 5) is 52.8. The number of hydrogen-bond donors (Lipinski definition) is 9. The largest absolute Gasteiger partial charge is 0.480 e. The number of unbranched alkanes of at least 4 members (excludes halogenated alkanes) is 1. The zero-order valence-corrected chi connectivity index (χ0v) is 19.8. The highest BCUT2D eigenvalue weighted by atomic mass is 16.4. The van der Waals surface area contributed by atoms with Gasteiger partial charge in [-0.25, -0.2) is 4.79 Å². The minimum absolute atomic E-state index is 0.0245. The van der Waals surface area contributed by atoms with Crippen molar-refractivity contribution in [3.8, 4) is 0 Å². The molecule has 0 aliphatic carbocycles. The van der Waals surface area contributed by atoms with E-state index in [0.717, 1.165) is 0 Å². The molecule has 4 unspecified atom stereocenters. The zero-order chi connectivity index (χ0) is 26.3. The van der Waals surface area contributed by atoms with Crippen molar-refractivity contribution >= 4 is 29.7 Å². The van der Waals surface area contributed by atoms with Crippen molar-refractivity contribution < 1.29 is 29.4 Å². The SMILES string of the molecule is CC(C)C(NC(=O)C(N)CCCCN)C(=O)NC(CO)C(=O)NC(CCCN=C(N)N)C(=O)O. The van der Waals surface area contributed by atoms with Crippen LogP contribution in [0.2, 0.25) is 0 Å². The number of carbonyl (C=O) groups is 4. The van der Waals surface area contributed by atoms with E-state index in [0.29, 0.717) is 25.8 Å². The third kappa shape index (κ3) is 12.3. The predicted molar refractivity (Wildman–Crippen MR) is 126 cm³/mol. The van der Waals surface area contributed by atoms with E-state index in [4.69, 9.17) is 22.9 Å². The maximum absolute atomic E-state index is 12.7. The lowest BCUT2D eigenvalue weighted by Crippen LogP contribution is -2.59. The van der Waals surface area contributed by atoms with Crippen molar-refractivity contribution in [3.63, 3.8) is 0 Å². The Balaban J connectivity index is 5.05. The summed E-state index contributed by atoms with van der Waals surface area (Å²) in [5, 5.41) is 26.1. The van der Waals surface area contributed by atoms with Gasteiger partial charge in [-0.3, -0.25) is 19.4 Å². The summed E-state index contributed by atoms with van der Waals surface area (Å²) in [6, 6.07) is -4.55. The first-order valence-electron chi connectivity index (χ1n) is 11.2. The van der Waals surface area contributed by atoms with Crippen LogP contribution in [-0.4, -0.2) is 83.7 Å². The number of carbonyl (C=O) groups excluding carboxylic acids is 3. The summed E-state index contributed by atoms with van der Waals surface area (Å²) in [5.41, 5.74) is 21.7. The van der Waals surface area contributed by atoms with Crippen molar-refractivity contribution in [2.75, 3.05) is 19.7 Å². The molecule has 14 nitrogen and oxygen atoms in total. The van der Waals surface area contributed by atoms with E-state index in [9.17, 15) is 29.4 Å². The molecule has 4 atom stereocenters. The summed E-state index contributed by atoms with van der Waals surface area (Å²) >= 11 is 0. The van der Waals surface area contributed by atoms with Crippen LogP contribution in [0.4, 0.5) is 0 Å². The van der Waals surface area contributed by atoms with Gasteiger partial charge in [0, 0.05) is 6.54 Å². The van der Waals surface area contributed by atoms with Crippen LogP contribution in [-0.2, 0) is 19.2 Å². The minimum Gasteiger partial charge on any atom is -0.480 e. The number of aliphatic imine (C=N–C) groups is 1. The van der Waals surface area contributed by atoms with Gasteiger partial charge in [0.1, 0.15) is 18.1 Å². The summed E-state index contributed by atoms with van der Waals surface area (Å²) in [5.74, 6) is -3.92. The first kappa shape index (κ1) is 31.0. The van der Waals surface area contributed by atoms with E-state index < -0.39 is 54.5 Å². The van der Waals surface area contributed by atoms with Crippen molar-refractivity contribution in [3.05, 3.63) is 0 Å². The maximum atomic E-state index is 12.7. The van der Waals surface area contributed by atoms with Gasteiger partial charge in [0.25, 0.3) is 0 Å². The summed E-state index contributed by atoms with van der Waals surface area (Å²) in [6.45, 7) is 3.25. The van der Waals surface area contributed by atoms with Gasteiger partial charge in [0.2, 0.25) is 17.7 Å². The van der Waals surface area contributed by atoms with Gasteiger partial charge in [-0.15, -0.1) is 0 Å². The zero-order valence-electron chi connectivity index (χ0n) is 19.8. The molecule has 0 aliphatic heterocycles. The van der Waals surface area contributed by atoms with E-state index in [-0.39, 0.29) is 31.3 Å².